The monoisotopic (exact) mass is 252 g/mol. The van der Waals surface area contributed by atoms with Crippen LogP contribution in [0.1, 0.15) is 15.9 Å². The maximum Gasteiger partial charge on any atom is 0.338 e. The lowest BCUT2D eigenvalue weighted by Crippen LogP contribution is -2.03. The second-order valence-electron chi connectivity index (χ2n) is 3.19. The Bertz CT molecular complexity index is 450. The van der Waals surface area contributed by atoms with Crippen molar-refractivity contribution in [1.82, 2.24) is 0 Å². The van der Waals surface area contributed by atoms with Gasteiger partial charge in [-0.25, -0.2) is 4.79 Å². The number of carbonyl (C=O) groups excluding carboxylic acids is 1. The van der Waals surface area contributed by atoms with Crippen LogP contribution in [-0.2, 0) is 4.74 Å². The molecule has 0 aromatic heterocycles. The molecule has 3 nitrogen and oxygen atoms in total. The van der Waals surface area contributed by atoms with Crippen molar-refractivity contribution in [3.63, 3.8) is 0 Å². The molecule has 17 heavy (non-hydrogen) atoms. The molecule has 0 fully saturated rings. The Kier molecular flexibility index (Phi) is 5.46. The summed E-state index contributed by atoms with van der Waals surface area (Å²) in [6, 6.07) is 4.99. The molecule has 0 radical (unpaired) electrons. The molecule has 0 heterocycles. The zero-order valence-corrected chi connectivity index (χ0v) is 10.1. The number of hydrogen-bond donors (Lipinski definition) is 1. The van der Waals surface area contributed by atoms with Crippen molar-refractivity contribution in [2.24, 2.45) is 0 Å². The van der Waals surface area contributed by atoms with Crippen LogP contribution in [0.3, 0.4) is 0 Å². The molecule has 0 aliphatic carbocycles. The summed E-state index contributed by atoms with van der Waals surface area (Å²) in [5.41, 5.74) is 1.12. The molecule has 1 aromatic rings. The topological polar surface area (TPSA) is 46.5 Å². The Labute approximate surface area is 105 Å². The van der Waals surface area contributed by atoms with Crippen LogP contribution in [0.2, 0.25) is 5.02 Å². The van der Waals surface area contributed by atoms with E-state index in [-0.39, 0.29) is 6.61 Å². The number of carbonyl (C=O) groups is 1. The van der Waals surface area contributed by atoms with Gasteiger partial charge in [-0.1, -0.05) is 42.0 Å². The van der Waals surface area contributed by atoms with Gasteiger partial charge in [0.25, 0.3) is 0 Å². The van der Waals surface area contributed by atoms with Gasteiger partial charge in [0.1, 0.15) is 0 Å². The van der Waals surface area contributed by atoms with Gasteiger partial charge in [-0.15, -0.1) is 0 Å². The zero-order chi connectivity index (χ0) is 12.7. The van der Waals surface area contributed by atoms with Gasteiger partial charge < -0.3 is 9.84 Å². The molecule has 90 valence electrons. The molecule has 0 saturated carbocycles. The lowest BCUT2D eigenvalue weighted by atomic mass is 10.1. The molecule has 0 atom stereocenters. The van der Waals surface area contributed by atoms with Crippen LogP contribution in [0.25, 0.3) is 6.08 Å². The smallest absolute Gasteiger partial charge is 0.338 e. The fourth-order valence-corrected chi connectivity index (χ4v) is 1.43. The Morgan fingerprint density at radius 2 is 2.24 bits per heavy atom. The Hall–Kier alpha value is -1.58. The van der Waals surface area contributed by atoms with Crippen molar-refractivity contribution < 1.29 is 14.6 Å². The highest BCUT2D eigenvalue weighted by Gasteiger charge is 2.10. The van der Waals surface area contributed by atoms with Crippen molar-refractivity contribution in [2.75, 3.05) is 13.7 Å². The third-order valence-corrected chi connectivity index (χ3v) is 2.28. The summed E-state index contributed by atoms with van der Waals surface area (Å²) in [5, 5.41) is 9.05. The molecular weight excluding hydrogens is 240 g/mol. The van der Waals surface area contributed by atoms with Crippen LogP contribution in [-0.4, -0.2) is 24.8 Å². The number of allylic oxidation sites excluding steroid dienone is 2. The number of rotatable bonds is 4. The van der Waals surface area contributed by atoms with E-state index in [4.69, 9.17) is 16.7 Å². The van der Waals surface area contributed by atoms with E-state index in [0.29, 0.717) is 16.1 Å². The molecule has 0 bridgehead atoms. The minimum Gasteiger partial charge on any atom is -0.465 e. The SMILES string of the molecule is COC(=O)c1cc(Cl)ccc1C=CC=CCO. The fourth-order valence-electron chi connectivity index (χ4n) is 1.26. The molecule has 1 rings (SSSR count). The first-order chi connectivity index (χ1) is 8.19. The van der Waals surface area contributed by atoms with Gasteiger partial charge in [0.05, 0.1) is 19.3 Å². The first-order valence-electron chi connectivity index (χ1n) is 5.01. The average molecular weight is 253 g/mol. The summed E-state index contributed by atoms with van der Waals surface area (Å²) in [6.07, 6.45) is 6.75. The highest BCUT2D eigenvalue weighted by atomic mass is 35.5. The summed E-state index contributed by atoms with van der Waals surface area (Å²) in [7, 11) is 1.32. The summed E-state index contributed by atoms with van der Waals surface area (Å²) in [6.45, 7) is -0.0190. The molecule has 0 spiro atoms. The van der Waals surface area contributed by atoms with Gasteiger partial charge >= 0.3 is 5.97 Å². The number of aliphatic hydroxyl groups excluding tert-OH is 1. The number of ether oxygens (including phenoxy) is 1. The third-order valence-electron chi connectivity index (χ3n) is 2.05. The first kappa shape index (κ1) is 13.5. The van der Waals surface area contributed by atoms with E-state index in [0.717, 1.165) is 0 Å². The van der Waals surface area contributed by atoms with E-state index in [1.165, 1.54) is 7.11 Å². The quantitative estimate of drug-likeness (QED) is 0.662. The van der Waals surface area contributed by atoms with Crippen LogP contribution in [0, 0.1) is 0 Å². The van der Waals surface area contributed by atoms with E-state index in [9.17, 15) is 4.79 Å². The van der Waals surface area contributed by atoms with Gasteiger partial charge in [0.2, 0.25) is 0 Å². The molecule has 0 unspecified atom stereocenters. The molecular formula is C13H13ClO3. The minimum absolute atomic E-state index is 0.0190. The lowest BCUT2D eigenvalue weighted by Gasteiger charge is -2.04. The predicted octanol–water partition coefficient (Wildman–Crippen LogP) is 2.69. The molecule has 4 heteroatoms. The predicted molar refractivity (Wildman–Crippen MR) is 68.1 cm³/mol. The third kappa shape index (κ3) is 4.06. The minimum atomic E-state index is -0.432. The van der Waals surface area contributed by atoms with Crippen molar-refractivity contribution in [2.45, 2.75) is 0 Å². The normalized spacial score (nSPS) is 11.2. The number of halogens is 1. The second-order valence-corrected chi connectivity index (χ2v) is 3.63. The number of esters is 1. The van der Waals surface area contributed by atoms with E-state index < -0.39 is 5.97 Å². The van der Waals surface area contributed by atoms with E-state index in [1.54, 1.807) is 42.5 Å². The van der Waals surface area contributed by atoms with Gasteiger partial charge in [0, 0.05) is 5.02 Å². The molecule has 0 amide bonds. The van der Waals surface area contributed by atoms with E-state index >= 15 is 0 Å². The molecule has 1 N–H and O–H groups in total. The van der Waals surface area contributed by atoms with Crippen LogP contribution < -0.4 is 0 Å². The Balaban J connectivity index is 3.02. The van der Waals surface area contributed by atoms with E-state index in [2.05, 4.69) is 4.74 Å². The van der Waals surface area contributed by atoms with Crippen molar-refractivity contribution in [3.8, 4) is 0 Å². The van der Waals surface area contributed by atoms with Gasteiger partial charge in [0.15, 0.2) is 0 Å². The van der Waals surface area contributed by atoms with Crippen LogP contribution in [0.15, 0.2) is 36.4 Å². The number of hydrogen-bond acceptors (Lipinski definition) is 3. The molecule has 0 saturated heterocycles. The van der Waals surface area contributed by atoms with Gasteiger partial charge in [-0.05, 0) is 17.7 Å². The van der Waals surface area contributed by atoms with Crippen molar-refractivity contribution in [1.29, 1.82) is 0 Å². The Morgan fingerprint density at radius 1 is 1.47 bits per heavy atom. The van der Waals surface area contributed by atoms with Gasteiger partial charge in [-0.2, -0.15) is 0 Å². The summed E-state index contributed by atoms with van der Waals surface area (Å²) in [5.74, 6) is -0.432. The number of methoxy groups -OCH3 is 1. The average Bonchev–Trinajstić information content (AvgIpc) is 2.35. The van der Waals surface area contributed by atoms with Crippen LogP contribution in [0.5, 0.6) is 0 Å². The fraction of sp³-hybridized carbons (Fsp3) is 0.154. The number of aliphatic hydroxyl groups is 1. The van der Waals surface area contributed by atoms with Crippen LogP contribution >= 0.6 is 11.6 Å². The number of benzene rings is 1. The largest absolute Gasteiger partial charge is 0.465 e. The first-order valence-corrected chi connectivity index (χ1v) is 5.38. The van der Waals surface area contributed by atoms with Crippen LogP contribution in [0.4, 0.5) is 0 Å². The highest BCUT2D eigenvalue weighted by Crippen LogP contribution is 2.18. The zero-order valence-electron chi connectivity index (χ0n) is 9.39. The molecule has 1 aromatic carbocycles. The maximum absolute atomic E-state index is 11.5. The lowest BCUT2D eigenvalue weighted by molar-refractivity contribution is 0.0600. The molecule has 0 aliphatic rings. The van der Waals surface area contributed by atoms with Gasteiger partial charge in [-0.3, -0.25) is 0 Å². The molecule has 0 aliphatic heterocycles. The maximum atomic E-state index is 11.5. The standard InChI is InChI=1S/C13H13ClO3/c1-17-13(16)12-9-11(14)7-6-10(12)5-3-2-4-8-15/h2-7,9,15H,8H2,1H3. The Morgan fingerprint density at radius 3 is 2.88 bits per heavy atom. The summed E-state index contributed by atoms with van der Waals surface area (Å²) < 4.78 is 4.67. The van der Waals surface area contributed by atoms with Crippen molar-refractivity contribution in [3.05, 3.63) is 52.6 Å². The highest BCUT2D eigenvalue weighted by molar-refractivity contribution is 6.31. The summed E-state index contributed by atoms with van der Waals surface area (Å²) in [4.78, 5) is 11.5. The summed E-state index contributed by atoms with van der Waals surface area (Å²) >= 11 is 5.82. The second kappa shape index (κ2) is 6.89. The van der Waals surface area contributed by atoms with E-state index in [1.807, 2.05) is 0 Å². The van der Waals surface area contributed by atoms with Crippen molar-refractivity contribution >= 4 is 23.6 Å².